The van der Waals surface area contributed by atoms with E-state index in [4.69, 9.17) is 5.73 Å². The summed E-state index contributed by atoms with van der Waals surface area (Å²) in [5.41, 5.74) is 8.28. The molecule has 2 heteroatoms. The van der Waals surface area contributed by atoms with E-state index in [1.807, 2.05) is 21.0 Å². The van der Waals surface area contributed by atoms with Crippen molar-refractivity contribution >= 4 is 5.69 Å². The zero-order valence-electron chi connectivity index (χ0n) is 8.62. The number of nitrogens with zero attached hydrogens (tertiary/aromatic N) is 1. The number of anilines is 1. The number of hydrogen-bond acceptors (Lipinski definition) is 2. The Morgan fingerprint density at radius 2 is 2.08 bits per heavy atom. The molecule has 13 heavy (non-hydrogen) atoms. The van der Waals surface area contributed by atoms with Crippen LogP contribution in [0.5, 0.6) is 0 Å². The highest BCUT2D eigenvalue weighted by Crippen LogP contribution is 2.14. The highest BCUT2D eigenvalue weighted by Gasteiger charge is 1.99. The Kier molecular flexibility index (Phi) is 3.32. The van der Waals surface area contributed by atoms with Gasteiger partial charge in [0.1, 0.15) is 0 Å². The number of nitrogens with two attached hydrogens (primary N) is 1. The molecule has 0 amide bonds. The summed E-state index contributed by atoms with van der Waals surface area (Å²) in [6.45, 7) is 2.03. The fourth-order valence-electron chi connectivity index (χ4n) is 1.33. The lowest BCUT2D eigenvalue weighted by Crippen LogP contribution is -2.18. The van der Waals surface area contributed by atoms with Crippen molar-refractivity contribution in [1.82, 2.24) is 0 Å². The van der Waals surface area contributed by atoms with Gasteiger partial charge >= 0.3 is 0 Å². The second kappa shape index (κ2) is 4.28. The van der Waals surface area contributed by atoms with Gasteiger partial charge in [0.05, 0.1) is 0 Å². The van der Waals surface area contributed by atoms with Crippen LogP contribution in [-0.2, 0) is 6.42 Å². The molecule has 0 aromatic heterocycles. The maximum Gasteiger partial charge on any atom is 0.0363 e. The van der Waals surface area contributed by atoms with E-state index in [0.29, 0.717) is 0 Å². The molecule has 2 N–H and O–H groups in total. The van der Waals surface area contributed by atoms with Crippen LogP contribution in [-0.4, -0.2) is 20.1 Å². The van der Waals surface area contributed by atoms with Crippen LogP contribution in [0.25, 0.3) is 0 Å². The van der Waals surface area contributed by atoms with Crippen molar-refractivity contribution in [3.05, 3.63) is 29.8 Å². The predicted octanol–water partition coefficient (Wildman–Crippen LogP) is 1.64. The van der Waals surface area contributed by atoms with E-state index in [1.165, 1.54) is 11.3 Å². The highest BCUT2D eigenvalue weighted by molar-refractivity contribution is 5.47. The van der Waals surface area contributed by atoms with Crippen LogP contribution in [0.15, 0.2) is 24.3 Å². The third kappa shape index (κ3) is 3.07. The Morgan fingerprint density at radius 1 is 1.38 bits per heavy atom. The number of rotatable bonds is 3. The van der Waals surface area contributed by atoms with E-state index in [-0.39, 0.29) is 6.04 Å². The van der Waals surface area contributed by atoms with Gasteiger partial charge in [0, 0.05) is 25.8 Å². The second-order valence-electron chi connectivity index (χ2n) is 3.75. The standard InChI is InChI=1S/C11H18N2/c1-9(12)7-10-5-4-6-11(8-10)13(2)3/h4-6,8-9H,7,12H2,1-3H3/t9-/m1/s1. The average molecular weight is 178 g/mol. The quantitative estimate of drug-likeness (QED) is 0.762. The zero-order chi connectivity index (χ0) is 9.84. The van der Waals surface area contributed by atoms with E-state index in [1.54, 1.807) is 0 Å². The summed E-state index contributed by atoms with van der Waals surface area (Å²) in [6, 6.07) is 8.72. The summed E-state index contributed by atoms with van der Waals surface area (Å²) in [5.74, 6) is 0. The van der Waals surface area contributed by atoms with Crippen LogP contribution in [0.2, 0.25) is 0 Å². The molecule has 0 aliphatic heterocycles. The van der Waals surface area contributed by atoms with Crippen LogP contribution in [0.1, 0.15) is 12.5 Å². The fourth-order valence-corrected chi connectivity index (χ4v) is 1.33. The number of benzene rings is 1. The summed E-state index contributed by atoms with van der Waals surface area (Å²) >= 11 is 0. The number of hydrogen-bond donors (Lipinski definition) is 1. The Balaban J connectivity index is 2.79. The van der Waals surface area contributed by atoms with E-state index >= 15 is 0 Å². The van der Waals surface area contributed by atoms with Gasteiger partial charge in [-0.2, -0.15) is 0 Å². The van der Waals surface area contributed by atoms with Crippen LogP contribution >= 0.6 is 0 Å². The molecule has 2 nitrogen and oxygen atoms in total. The first-order valence-corrected chi connectivity index (χ1v) is 4.61. The van der Waals surface area contributed by atoms with Gasteiger partial charge in [-0.05, 0) is 31.0 Å². The Hall–Kier alpha value is -1.02. The second-order valence-corrected chi connectivity index (χ2v) is 3.75. The highest BCUT2D eigenvalue weighted by atomic mass is 15.1. The SMILES string of the molecule is C[C@@H](N)Cc1cccc(N(C)C)c1. The third-order valence-electron chi connectivity index (χ3n) is 1.98. The molecular weight excluding hydrogens is 160 g/mol. The molecule has 0 aliphatic rings. The van der Waals surface area contributed by atoms with Gasteiger partial charge < -0.3 is 10.6 Å². The Labute approximate surface area is 80.4 Å². The van der Waals surface area contributed by atoms with Crippen molar-refractivity contribution in [1.29, 1.82) is 0 Å². The van der Waals surface area contributed by atoms with Crippen molar-refractivity contribution in [3.8, 4) is 0 Å². The molecule has 1 atom stereocenters. The smallest absolute Gasteiger partial charge is 0.0363 e. The molecule has 0 radical (unpaired) electrons. The van der Waals surface area contributed by atoms with E-state index < -0.39 is 0 Å². The molecule has 0 unspecified atom stereocenters. The van der Waals surface area contributed by atoms with Gasteiger partial charge in [0.25, 0.3) is 0 Å². The summed E-state index contributed by atoms with van der Waals surface area (Å²) in [7, 11) is 4.09. The molecule has 0 heterocycles. The lowest BCUT2D eigenvalue weighted by Gasteiger charge is -2.14. The van der Waals surface area contributed by atoms with Gasteiger partial charge in [0.2, 0.25) is 0 Å². The van der Waals surface area contributed by atoms with Gasteiger partial charge in [-0.25, -0.2) is 0 Å². The van der Waals surface area contributed by atoms with Gasteiger partial charge in [-0.3, -0.25) is 0 Å². The molecule has 0 bridgehead atoms. The van der Waals surface area contributed by atoms with Crippen LogP contribution in [0.4, 0.5) is 5.69 Å². The van der Waals surface area contributed by atoms with E-state index in [2.05, 4.69) is 29.2 Å². The monoisotopic (exact) mass is 178 g/mol. The zero-order valence-corrected chi connectivity index (χ0v) is 8.62. The van der Waals surface area contributed by atoms with Crippen molar-refractivity contribution in [2.75, 3.05) is 19.0 Å². The van der Waals surface area contributed by atoms with Crippen LogP contribution < -0.4 is 10.6 Å². The molecule has 0 spiro atoms. The molecule has 0 aliphatic carbocycles. The molecule has 1 aromatic rings. The van der Waals surface area contributed by atoms with E-state index in [9.17, 15) is 0 Å². The first-order chi connectivity index (χ1) is 6.09. The molecular formula is C11H18N2. The molecule has 0 fully saturated rings. The van der Waals surface area contributed by atoms with Gasteiger partial charge in [0.15, 0.2) is 0 Å². The predicted molar refractivity (Wildman–Crippen MR) is 58.1 cm³/mol. The minimum absolute atomic E-state index is 0.234. The van der Waals surface area contributed by atoms with Crippen molar-refractivity contribution in [3.63, 3.8) is 0 Å². The Morgan fingerprint density at radius 3 is 2.62 bits per heavy atom. The minimum atomic E-state index is 0.234. The van der Waals surface area contributed by atoms with Crippen molar-refractivity contribution < 1.29 is 0 Å². The first-order valence-electron chi connectivity index (χ1n) is 4.61. The van der Waals surface area contributed by atoms with Crippen LogP contribution in [0, 0.1) is 0 Å². The maximum absolute atomic E-state index is 5.74. The fraction of sp³-hybridized carbons (Fsp3) is 0.455. The molecule has 0 saturated heterocycles. The lowest BCUT2D eigenvalue weighted by atomic mass is 10.1. The minimum Gasteiger partial charge on any atom is -0.378 e. The largest absolute Gasteiger partial charge is 0.378 e. The van der Waals surface area contributed by atoms with Gasteiger partial charge in [-0.15, -0.1) is 0 Å². The maximum atomic E-state index is 5.74. The first kappa shape index (κ1) is 10.1. The van der Waals surface area contributed by atoms with Crippen molar-refractivity contribution in [2.45, 2.75) is 19.4 Å². The van der Waals surface area contributed by atoms with E-state index in [0.717, 1.165) is 6.42 Å². The van der Waals surface area contributed by atoms with Crippen LogP contribution in [0.3, 0.4) is 0 Å². The topological polar surface area (TPSA) is 29.3 Å². The summed E-state index contributed by atoms with van der Waals surface area (Å²) < 4.78 is 0. The normalized spacial score (nSPS) is 12.6. The Bertz CT molecular complexity index is 267. The summed E-state index contributed by atoms with van der Waals surface area (Å²) in [6.07, 6.45) is 0.946. The van der Waals surface area contributed by atoms with Gasteiger partial charge in [-0.1, -0.05) is 12.1 Å². The molecule has 72 valence electrons. The summed E-state index contributed by atoms with van der Waals surface area (Å²) in [5, 5.41) is 0. The third-order valence-corrected chi connectivity index (χ3v) is 1.98. The summed E-state index contributed by atoms with van der Waals surface area (Å²) in [4.78, 5) is 2.10. The molecule has 0 saturated carbocycles. The van der Waals surface area contributed by atoms with Crippen molar-refractivity contribution in [2.24, 2.45) is 5.73 Å². The molecule has 1 aromatic carbocycles. The molecule has 1 rings (SSSR count). The average Bonchev–Trinajstić information content (AvgIpc) is 2.03. The lowest BCUT2D eigenvalue weighted by molar-refractivity contribution is 0.738.